The summed E-state index contributed by atoms with van der Waals surface area (Å²) in [5, 5.41) is 12.8. The topological polar surface area (TPSA) is 105 Å². The van der Waals surface area contributed by atoms with Gasteiger partial charge in [0.05, 0.1) is 5.69 Å². The zero-order valence-corrected chi connectivity index (χ0v) is 11.8. The molecule has 1 heterocycles. The van der Waals surface area contributed by atoms with Crippen LogP contribution in [-0.2, 0) is 6.54 Å². The Labute approximate surface area is 120 Å². The van der Waals surface area contributed by atoms with Crippen LogP contribution in [0.15, 0.2) is 24.3 Å². The number of carbonyl (C=O) groups is 1. The predicted molar refractivity (Wildman–Crippen MR) is 80.5 cm³/mol. The second kappa shape index (κ2) is 5.63. The number of hydrogen-bond donors (Lipinski definition) is 3. The lowest BCUT2D eigenvalue weighted by molar-refractivity contribution is 0.100. The minimum Gasteiger partial charge on any atom is -0.396 e. The normalized spacial score (nSPS) is 10.0. The van der Waals surface area contributed by atoms with Crippen LogP contribution in [-0.4, -0.2) is 5.91 Å². The maximum atomic E-state index is 11.2. The van der Waals surface area contributed by atoms with E-state index < -0.39 is 5.91 Å². The largest absolute Gasteiger partial charge is 0.396 e. The van der Waals surface area contributed by atoms with E-state index >= 15 is 0 Å². The third kappa shape index (κ3) is 2.73. The average Bonchev–Trinajstić information content (AvgIpc) is 2.73. The molecule has 0 saturated heterocycles. The number of nitrogens with two attached hydrogens (primary N) is 2. The smallest absolute Gasteiger partial charge is 0.261 e. The van der Waals surface area contributed by atoms with Crippen LogP contribution in [0.2, 0.25) is 0 Å². The highest BCUT2D eigenvalue weighted by Crippen LogP contribution is 2.35. The lowest BCUT2D eigenvalue weighted by Crippen LogP contribution is -2.10. The van der Waals surface area contributed by atoms with Crippen LogP contribution in [0, 0.1) is 18.3 Å². The number of thiophene rings is 1. The first kappa shape index (κ1) is 13.9. The van der Waals surface area contributed by atoms with Gasteiger partial charge in [-0.2, -0.15) is 5.26 Å². The van der Waals surface area contributed by atoms with E-state index in [1.807, 2.05) is 37.3 Å². The molecule has 0 fully saturated rings. The van der Waals surface area contributed by atoms with E-state index in [4.69, 9.17) is 16.7 Å². The van der Waals surface area contributed by atoms with Gasteiger partial charge in [-0.15, -0.1) is 11.3 Å². The molecule has 0 aliphatic heterocycles. The fourth-order valence-corrected chi connectivity index (χ4v) is 2.79. The Bertz CT molecular complexity index is 700. The molecule has 1 aromatic heterocycles. The van der Waals surface area contributed by atoms with Gasteiger partial charge in [-0.3, -0.25) is 4.79 Å². The Balaban J connectivity index is 2.24. The van der Waals surface area contributed by atoms with Crippen LogP contribution in [0.5, 0.6) is 0 Å². The van der Waals surface area contributed by atoms with Crippen LogP contribution in [0.4, 0.5) is 10.7 Å². The molecule has 102 valence electrons. The molecule has 1 aromatic carbocycles. The lowest BCUT2D eigenvalue weighted by Gasteiger charge is -2.05. The number of benzene rings is 1. The van der Waals surface area contributed by atoms with E-state index in [2.05, 4.69) is 5.32 Å². The Morgan fingerprint density at radius 3 is 2.85 bits per heavy atom. The van der Waals surface area contributed by atoms with Crippen LogP contribution in [0.3, 0.4) is 0 Å². The van der Waals surface area contributed by atoms with Gasteiger partial charge in [0, 0.05) is 6.54 Å². The third-order valence-electron chi connectivity index (χ3n) is 2.82. The molecule has 0 unspecified atom stereocenters. The molecule has 20 heavy (non-hydrogen) atoms. The van der Waals surface area contributed by atoms with Crippen molar-refractivity contribution in [2.75, 3.05) is 11.1 Å². The highest BCUT2D eigenvalue weighted by atomic mass is 32.1. The first-order valence-corrected chi connectivity index (χ1v) is 6.76. The van der Waals surface area contributed by atoms with E-state index in [0.717, 1.165) is 22.5 Å². The molecule has 5 N–H and O–H groups in total. The summed E-state index contributed by atoms with van der Waals surface area (Å²) < 4.78 is 0. The SMILES string of the molecule is Cc1cccc(CNc2sc(C(N)=O)c(N)c2C#N)c1. The Hall–Kier alpha value is -2.52. The van der Waals surface area contributed by atoms with Gasteiger partial charge in [0.25, 0.3) is 5.91 Å². The third-order valence-corrected chi connectivity index (χ3v) is 3.99. The minimum absolute atomic E-state index is 0.150. The molecular weight excluding hydrogens is 272 g/mol. The fourth-order valence-electron chi connectivity index (χ4n) is 1.87. The maximum Gasteiger partial charge on any atom is 0.261 e. The van der Waals surface area contributed by atoms with Crippen molar-refractivity contribution < 1.29 is 4.79 Å². The molecule has 0 aliphatic carbocycles. The van der Waals surface area contributed by atoms with Crippen molar-refractivity contribution in [1.82, 2.24) is 0 Å². The Morgan fingerprint density at radius 2 is 2.25 bits per heavy atom. The molecule has 1 amide bonds. The molecule has 2 aromatic rings. The van der Waals surface area contributed by atoms with Crippen molar-refractivity contribution >= 4 is 27.9 Å². The quantitative estimate of drug-likeness (QED) is 0.801. The number of anilines is 2. The minimum atomic E-state index is -0.618. The van der Waals surface area contributed by atoms with Crippen molar-refractivity contribution in [1.29, 1.82) is 5.26 Å². The van der Waals surface area contributed by atoms with E-state index in [9.17, 15) is 4.79 Å². The highest BCUT2D eigenvalue weighted by Gasteiger charge is 2.18. The number of nitrogens with one attached hydrogen (secondary N) is 1. The Kier molecular flexibility index (Phi) is 3.91. The van der Waals surface area contributed by atoms with E-state index in [0.29, 0.717) is 11.5 Å². The number of rotatable bonds is 4. The van der Waals surface area contributed by atoms with Crippen LogP contribution in [0.1, 0.15) is 26.4 Å². The maximum absolute atomic E-state index is 11.2. The van der Waals surface area contributed by atoms with E-state index in [1.165, 1.54) is 0 Å². The summed E-state index contributed by atoms with van der Waals surface area (Å²) in [5.74, 6) is -0.618. The van der Waals surface area contributed by atoms with E-state index in [1.54, 1.807) is 0 Å². The van der Waals surface area contributed by atoms with Crippen molar-refractivity contribution in [3.63, 3.8) is 0 Å². The second-order valence-corrected chi connectivity index (χ2v) is 5.39. The molecule has 2 rings (SSSR count). The summed E-state index contributed by atoms with van der Waals surface area (Å²) in [6.07, 6.45) is 0. The first-order valence-electron chi connectivity index (χ1n) is 5.94. The van der Waals surface area contributed by atoms with Crippen molar-refractivity contribution in [2.45, 2.75) is 13.5 Å². The van der Waals surface area contributed by atoms with Crippen molar-refractivity contribution in [2.24, 2.45) is 5.73 Å². The predicted octanol–water partition coefficient (Wildman–Crippen LogP) is 2.22. The zero-order valence-electron chi connectivity index (χ0n) is 10.9. The second-order valence-electron chi connectivity index (χ2n) is 4.37. The number of aryl methyl sites for hydroxylation is 1. The fraction of sp³-hybridized carbons (Fsp3) is 0.143. The molecule has 0 radical (unpaired) electrons. The monoisotopic (exact) mass is 286 g/mol. The summed E-state index contributed by atoms with van der Waals surface area (Å²) in [7, 11) is 0. The summed E-state index contributed by atoms with van der Waals surface area (Å²) in [6, 6.07) is 10.0. The first-order chi connectivity index (χ1) is 9.52. The van der Waals surface area contributed by atoms with Gasteiger partial charge in [0.1, 0.15) is 21.5 Å². The van der Waals surface area contributed by atoms with Gasteiger partial charge in [-0.1, -0.05) is 29.8 Å². The average molecular weight is 286 g/mol. The van der Waals surface area contributed by atoms with Gasteiger partial charge in [-0.25, -0.2) is 0 Å². The molecule has 5 nitrogen and oxygen atoms in total. The molecule has 0 atom stereocenters. The van der Waals surface area contributed by atoms with Gasteiger partial charge < -0.3 is 16.8 Å². The van der Waals surface area contributed by atoms with Crippen molar-refractivity contribution in [3.8, 4) is 6.07 Å². The van der Waals surface area contributed by atoms with Gasteiger partial charge in [0.2, 0.25) is 0 Å². The number of hydrogen-bond acceptors (Lipinski definition) is 5. The lowest BCUT2D eigenvalue weighted by atomic mass is 10.1. The summed E-state index contributed by atoms with van der Waals surface area (Å²) in [6.45, 7) is 2.56. The number of nitrogens with zero attached hydrogens (tertiary/aromatic N) is 1. The molecule has 0 saturated carbocycles. The van der Waals surface area contributed by atoms with Crippen LogP contribution >= 0.6 is 11.3 Å². The summed E-state index contributed by atoms with van der Waals surface area (Å²) in [4.78, 5) is 11.5. The number of nitriles is 1. The number of amides is 1. The summed E-state index contributed by atoms with van der Waals surface area (Å²) >= 11 is 1.11. The molecule has 6 heteroatoms. The van der Waals surface area contributed by atoms with E-state index in [-0.39, 0.29) is 16.1 Å². The number of nitrogen functional groups attached to an aromatic ring is 1. The molecule has 0 aliphatic rings. The molecule has 0 bridgehead atoms. The van der Waals surface area contributed by atoms with Crippen molar-refractivity contribution in [3.05, 3.63) is 45.8 Å². The number of carbonyl (C=O) groups excluding carboxylic acids is 1. The number of primary amides is 1. The molecular formula is C14H14N4OS. The summed E-state index contributed by atoms with van der Waals surface area (Å²) in [5.41, 5.74) is 13.7. The molecule has 0 spiro atoms. The van der Waals surface area contributed by atoms with Crippen LogP contribution in [0.25, 0.3) is 0 Å². The standard InChI is InChI=1S/C14H14N4OS/c1-8-3-2-4-9(5-8)7-18-14-10(6-15)11(16)12(20-14)13(17)19/h2-5,18H,7,16H2,1H3,(H2,17,19). The van der Waals surface area contributed by atoms with Gasteiger partial charge in [0.15, 0.2) is 0 Å². The van der Waals surface area contributed by atoms with Gasteiger partial charge >= 0.3 is 0 Å². The Morgan fingerprint density at radius 1 is 1.50 bits per heavy atom. The highest BCUT2D eigenvalue weighted by molar-refractivity contribution is 7.18. The van der Waals surface area contributed by atoms with Gasteiger partial charge in [-0.05, 0) is 12.5 Å². The van der Waals surface area contributed by atoms with Crippen LogP contribution < -0.4 is 16.8 Å². The zero-order chi connectivity index (χ0) is 14.7.